The minimum Gasteiger partial charge on any atom is -0.374 e. The number of morpholine rings is 1. The Balaban J connectivity index is 1.75. The third-order valence-corrected chi connectivity index (χ3v) is 4.44. The van der Waals surface area contributed by atoms with Crippen molar-refractivity contribution in [2.24, 2.45) is 5.73 Å². The Bertz CT molecular complexity index is 593. The molecule has 0 bridgehead atoms. The predicted octanol–water partition coefficient (Wildman–Crippen LogP) is 2.43. The Labute approximate surface area is 126 Å². The van der Waals surface area contributed by atoms with Crippen LogP contribution in [0.5, 0.6) is 0 Å². The Morgan fingerprint density at radius 2 is 2.05 bits per heavy atom. The highest BCUT2D eigenvalue weighted by Gasteiger charge is 2.25. The lowest BCUT2D eigenvalue weighted by molar-refractivity contribution is -0.0385. The van der Waals surface area contributed by atoms with Gasteiger partial charge in [0.15, 0.2) is 0 Å². The Kier molecular flexibility index (Phi) is 4.54. The van der Waals surface area contributed by atoms with Crippen LogP contribution in [-0.4, -0.2) is 43.3 Å². The molecule has 0 aliphatic carbocycles. The van der Waals surface area contributed by atoms with Gasteiger partial charge in [0, 0.05) is 19.1 Å². The third-order valence-electron chi connectivity index (χ3n) is 4.44. The lowest BCUT2D eigenvalue weighted by atomic mass is 9.96. The molecule has 112 valence electrons. The monoisotopic (exact) mass is 284 g/mol. The summed E-state index contributed by atoms with van der Waals surface area (Å²) in [7, 11) is 0. The first-order valence-electron chi connectivity index (χ1n) is 7.84. The van der Waals surface area contributed by atoms with Crippen molar-refractivity contribution in [1.82, 2.24) is 4.90 Å². The summed E-state index contributed by atoms with van der Waals surface area (Å²) in [6, 6.07) is 15.0. The van der Waals surface area contributed by atoms with Gasteiger partial charge in [-0.05, 0) is 29.3 Å². The van der Waals surface area contributed by atoms with Gasteiger partial charge in [-0.15, -0.1) is 0 Å². The van der Waals surface area contributed by atoms with Crippen LogP contribution < -0.4 is 5.73 Å². The van der Waals surface area contributed by atoms with Gasteiger partial charge in [-0.25, -0.2) is 0 Å². The first-order chi connectivity index (χ1) is 10.3. The summed E-state index contributed by atoms with van der Waals surface area (Å²) in [5, 5.41) is 2.58. The SMILES string of the molecule is CCN1CCOC(C(N)Cc2cccc3ccccc23)C1. The van der Waals surface area contributed by atoms with Crippen molar-refractivity contribution in [1.29, 1.82) is 0 Å². The molecule has 2 unspecified atom stereocenters. The number of likely N-dealkylation sites (N-methyl/N-ethyl adjacent to an activating group) is 1. The molecule has 2 N–H and O–H groups in total. The van der Waals surface area contributed by atoms with E-state index in [9.17, 15) is 0 Å². The number of benzene rings is 2. The summed E-state index contributed by atoms with van der Waals surface area (Å²) >= 11 is 0. The molecule has 21 heavy (non-hydrogen) atoms. The fourth-order valence-corrected chi connectivity index (χ4v) is 3.13. The van der Waals surface area contributed by atoms with Crippen molar-refractivity contribution in [3.63, 3.8) is 0 Å². The van der Waals surface area contributed by atoms with Crippen LogP contribution in [0.15, 0.2) is 42.5 Å². The molecule has 1 aliphatic rings. The second-order valence-corrected chi connectivity index (χ2v) is 5.81. The molecule has 0 spiro atoms. The van der Waals surface area contributed by atoms with Gasteiger partial charge in [-0.1, -0.05) is 49.4 Å². The van der Waals surface area contributed by atoms with Crippen LogP contribution in [0.4, 0.5) is 0 Å². The quantitative estimate of drug-likeness (QED) is 0.937. The molecule has 0 amide bonds. The standard InChI is InChI=1S/C18H24N2O/c1-2-20-10-11-21-18(13-20)17(19)12-15-8-5-7-14-6-3-4-9-16(14)15/h3-9,17-18H,2,10-13,19H2,1H3. The molecule has 0 radical (unpaired) electrons. The molecule has 1 saturated heterocycles. The molecule has 0 aromatic heterocycles. The fourth-order valence-electron chi connectivity index (χ4n) is 3.13. The molecule has 3 heteroatoms. The van der Waals surface area contributed by atoms with Gasteiger partial charge in [0.1, 0.15) is 0 Å². The van der Waals surface area contributed by atoms with E-state index in [1.807, 2.05) is 0 Å². The third kappa shape index (κ3) is 3.26. The van der Waals surface area contributed by atoms with Crippen molar-refractivity contribution in [2.45, 2.75) is 25.5 Å². The number of hydrogen-bond donors (Lipinski definition) is 1. The fraction of sp³-hybridized carbons (Fsp3) is 0.444. The van der Waals surface area contributed by atoms with Crippen LogP contribution in [0, 0.1) is 0 Å². The maximum Gasteiger partial charge on any atom is 0.0856 e. The van der Waals surface area contributed by atoms with Crippen LogP contribution in [0.3, 0.4) is 0 Å². The summed E-state index contributed by atoms with van der Waals surface area (Å²) in [5.74, 6) is 0. The van der Waals surface area contributed by atoms with Crippen molar-refractivity contribution in [2.75, 3.05) is 26.2 Å². The summed E-state index contributed by atoms with van der Waals surface area (Å²) in [6.07, 6.45) is 1.00. The number of fused-ring (bicyclic) bond motifs is 1. The van der Waals surface area contributed by atoms with E-state index < -0.39 is 0 Å². The highest BCUT2D eigenvalue weighted by Crippen LogP contribution is 2.21. The van der Waals surface area contributed by atoms with E-state index >= 15 is 0 Å². The second kappa shape index (κ2) is 6.56. The Morgan fingerprint density at radius 1 is 1.24 bits per heavy atom. The molecular formula is C18H24N2O. The van der Waals surface area contributed by atoms with Gasteiger partial charge in [0.2, 0.25) is 0 Å². The van der Waals surface area contributed by atoms with Crippen LogP contribution in [0.1, 0.15) is 12.5 Å². The van der Waals surface area contributed by atoms with Crippen LogP contribution in [-0.2, 0) is 11.2 Å². The molecule has 0 saturated carbocycles. The maximum atomic E-state index is 6.44. The summed E-state index contributed by atoms with van der Waals surface area (Å²) < 4.78 is 5.89. The van der Waals surface area contributed by atoms with E-state index in [1.165, 1.54) is 16.3 Å². The van der Waals surface area contributed by atoms with E-state index in [-0.39, 0.29) is 12.1 Å². The minimum absolute atomic E-state index is 0.0464. The molecule has 2 aromatic rings. The van der Waals surface area contributed by atoms with E-state index in [2.05, 4.69) is 54.3 Å². The minimum atomic E-state index is 0.0464. The summed E-state index contributed by atoms with van der Waals surface area (Å²) in [5.41, 5.74) is 7.75. The zero-order valence-electron chi connectivity index (χ0n) is 12.7. The molecule has 3 rings (SSSR count). The highest BCUT2D eigenvalue weighted by molar-refractivity contribution is 5.85. The predicted molar refractivity (Wildman–Crippen MR) is 87.5 cm³/mol. The first-order valence-corrected chi connectivity index (χ1v) is 7.84. The zero-order valence-corrected chi connectivity index (χ0v) is 12.7. The Morgan fingerprint density at radius 3 is 2.90 bits per heavy atom. The summed E-state index contributed by atoms with van der Waals surface area (Å²) in [4.78, 5) is 2.41. The van der Waals surface area contributed by atoms with Crippen molar-refractivity contribution in [3.05, 3.63) is 48.0 Å². The average molecular weight is 284 g/mol. The van der Waals surface area contributed by atoms with Crippen molar-refractivity contribution in [3.8, 4) is 0 Å². The number of nitrogens with zero attached hydrogens (tertiary/aromatic N) is 1. The zero-order chi connectivity index (χ0) is 14.7. The van der Waals surface area contributed by atoms with Gasteiger partial charge < -0.3 is 10.5 Å². The highest BCUT2D eigenvalue weighted by atomic mass is 16.5. The lowest BCUT2D eigenvalue weighted by Crippen LogP contribution is -2.51. The molecule has 2 atom stereocenters. The van der Waals surface area contributed by atoms with Gasteiger partial charge in [0.25, 0.3) is 0 Å². The number of rotatable bonds is 4. The Hall–Kier alpha value is -1.42. The van der Waals surface area contributed by atoms with Crippen LogP contribution >= 0.6 is 0 Å². The molecule has 1 fully saturated rings. The maximum absolute atomic E-state index is 6.44. The van der Waals surface area contributed by atoms with Gasteiger partial charge in [0.05, 0.1) is 12.7 Å². The molecule has 1 aliphatic heterocycles. The molecular weight excluding hydrogens is 260 g/mol. The number of hydrogen-bond acceptors (Lipinski definition) is 3. The van der Waals surface area contributed by atoms with Gasteiger partial charge >= 0.3 is 0 Å². The average Bonchev–Trinajstić information content (AvgIpc) is 2.55. The van der Waals surface area contributed by atoms with Gasteiger partial charge in [-0.2, -0.15) is 0 Å². The van der Waals surface area contributed by atoms with Crippen molar-refractivity contribution >= 4 is 10.8 Å². The van der Waals surface area contributed by atoms with E-state index in [0.29, 0.717) is 0 Å². The molecule has 3 nitrogen and oxygen atoms in total. The van der Waals surface area contributed by atoms with Crippen LogP contribution in [0.2, 0.25) is 0 Å². The van der Waals surface area contributed by atoms with Gasteiger partial charge in [-0.3, -0.25) is 4.90 Å². The lowest BCUT2D eigenvalue weighted by Gasteiger charge is -2.35. The van der Waals surface area contributed by atoms with E-state index in [4.69, 9.17) is 10.5 Å². The molecule has 2 aromatic carbocycles. The van der Waals surface area contributed by atoms with Crippen molar-refractivity contribution < 1.29 is 4.74 Å². The largest absolute Gasteiger partial charge is 0.374 e. The normalized spacial score (nSPS) is 21.5. The number of nitrogens with two attached hydrogens (primary N) is 1. The molecule has 1 heterocycles. The van der Waals surface area contributed by atoms with E-state index in [1.54, 1.807) is 0 Å². The number of ether oxygens (including phenoxy) is 1. The second-order valence-electron chi connectivity index (χ2n) is 5.81. The summed E-state index contributed by atoms with van der Waals surface area (Å²) in [6.45, 7) is 6.03. The first kappa shape index (κ1) is 14.5. The smallest absolute Gasteiger partial charge is 0.0856 e. The van der Waals surface area contributed by atoms with E-state index in [0.717, 1.165) is 32.7 Å². The topological polar surface area (TPSA) is 38.5 Å². The van der Waals surface area contributed by atoms with Crippen LogP contribution in [0.25, 0.3) is 10.8 Å².